The minimum atomic E-state index is -3.07. The maximum Gasteiger partial charge on any atom is 0.387 e. The van der Waals surface area contributed by atoms with Crippen LogP contribution in [0.2, 0.25) is 0 Å². The fraction of sp³-hybridized carbons (Fsp3) is 0.309. The van der Waals surface area contributed by atoms with Crippen LogP contribution in [-0.4, -0.2) is 143 Å². The molecular formula is C55H56F4N18O6. The number of benzene rings is 2. The first-order valence-electron chi connectivity index (χ1n) is 26.1. The van der Waals surface area contributed by atoms with Gasteiger partial charge in [-0.2, -0.15) is 48.2 Å². The molecule has 2 saturated heterocycles. The van der Waals surface area contributed by atoms with Crippen molar-refractivity contribution in [1.29, 1.82) is 0 Å². The molecule has 0 saturated carbocycles. The number of halogens is 4. The average Bonchev–Trinajstić information content (AvgIpc) is 4.49. The molecule has 0 spiro atoms. The van der Waals surface area contributed by atoms with E-state index in [0.717, 1.165) is 45.8 Å². The van der Waals surface area contributed by atoms with Crippen molar-refractivity contribution in [3.8, 4) is 57.0 Å². The van der Waals surface area contributed by atoms with Gasteiger partial charge in [-0.05, 0) is 62.1 Å². The average molecular weight is 1140 g/mol. The fourth-order valence-electron chi connectivity index (χ4n) is 10.6. The molecule has 0 aliphatic carbocycles. The third-order valence-electron chi connectivity index (χ3n) is 13.8. The Balaban J connectivity index is 0.000000174. The number of alkyl halides is 4. The van der Waals surface area contributed by atoms with Crippen molar-refractivity contribution >= 4 is 34.5 Å². The quantitative estimate of drug-likeness (QED) is 0.0726. The topological polar surface area (TPSA) is 233 Å². The van der Waals surface area contributed by atoms with Crippen LogP contribution in [0.4, 0.5) is 28.9 Å². The molecular weight excluding hydrogens is 1080 g/mol. The summed E-state index contributed by atoms with van der Waals surface area (Å²) in [6, 6.07) is 12.3. The predicted molar refractivity (Wildman–Crippen MR) is 293 cm³/mol. The molecule has 0 unspecified atom stereocenters. The molecule has 2 aliphatic heterocycles. The van der Waals surface area contributed by atoms with Crippen LogP contribution >= 0.6 is 0 Å². The molecule has 2 amide bonds. The van der Waals surface area contributed by atoms with E-state index in [9.17, 15) is 27.2 Å². The van der Waals surface area contributed by atoms with Crippen LogP contribution in [0.3, 0.4) is 0 Å². The van der Waals surface area contributed by atoms with Crippen molar-refractivity contribution in [2.45, 2.75) is 47.1 Å². The molecule has 0 atom stereocenters. The second-order valence-corrected chi connectivity index (χ2v) is 21.1. The van der Waals surface area contributed by atoms with Gasteiger partial charge in [0, 0.05) is 101 Å². The minimum Gasteiger partial charge on any atom is -0.454 e. The lowest BCUT2D eigenvalue weighted by Gasteiger charge is -2.47. The summed E-state index contributed by atoms with van der Waals surface area (Å²) in [6.45, 7) is 6.92. The van der Waals surface area contributed by atoms with E-state index in [-0.39, 0.29) is 67.3 Å². The number of anilines is 2. The second-order valence-electron chi connectivity index (χ2n) is 21.1. The number of nitrogens with one attached hydrogen (secondary N) is 2. The Hall–Kier alpha value is -9.70. The highest BCUT2D eigenvalue weighted by Crippen LogP contribution is 2.41. The predicted octanol–water partition coefficient (Wildman–Crippen LogP) is 8.24. The van der Waals surface area contributed by atoms with Gasteiger partial charge in [0.25, 0.3) is 11.8 Å². The first kappa shape index (κ1) is 55.2. The van der Waals surface area contributed by atoms with Crippen molar-refractivity contribution in [1.82, 2.24) is 78.1 Å². The van der Waals surface area contributed by atoms with Crippen LogP contribution in [0.1, 0.15) is 41.5 Å². The van der Waals surface area contributed by atoms with E-state index in [1.54, 1.807) is 88.2 Å². The third-order valence-corrected chi connectivity index (χ3v) is 13.8. The normalized spacial score (nSPS) is 14.7. The van der Waals surface area contributed by atoms with Crippen molar-refractivity contribution in [3.05, 3.63) is 134 Å². The number of carbonyl (C=O) groups is 2. The minimum absolute atomic E-state index is 0.127. The fourth-order valence-corrected chi connectivity index (χ4v) is 10.6. The Kier molecular flexibility index (Phi) is 15.1. The number of fused-ring (bicyclic) bond motifs is 2. The van der Waals surface area contributed by atoms with E-state index in [4.69, 9.17) is 18.9 Å². The maximum atomic E-state index is 13.4. The van der Waals surface area contributed by atoms with E-state index in [0.29, 0.717) is 34.3 Å². The van der Waals surface area contributed by atoms with Crippen LogP contribution < -0.4 is 29.6 Å². The van der Waals surface area contributed by atoms with Crippen LogP contribution in [0.15, 0.2) is 123 Å². The maximum absolute atomic E-state index is 13.4. The van der Waals surface area contributed by atoms with Gasteiger partial charge in [-0.15, -0.1) is 0 Å². The van der Waals surface area contributed by atoms with Gasteiger partial charge in [0.05, 0.1) is 59.7 Å². The van der Waals surface area contributed by atoms with Crippen molar-refractivity contribution < 1.29 is 46.1 Å². The number of hydrogen-bond donors (Lipinski definition) is 2. The number of amides is 2. The molecule has 2 N–H and O–H groups in total. The van der Waals surface area contributed by atoms with Gasteiger partial charge in [-0.25, -0.2) is 19.0 Å². The van der Waals surface area contributed by atoms with Crippen LogP contribution in [-0.2, 0) is 27.2 Å². The molecule has 28 heteroatoms. The zero-order chi connectivity index (χ0) is 58.2. The molecule has 0 radical (unpaired) electrons. The highest BCUT2D eigenvalue weighted by molar-refractivity contribution is 6.10. The van der Waals surface area contributed by atoms with E-state index >= 15 is 0 Å². The Morgan fingerprint density at radius 2 is 1.05 bits per heavy atom. The lowest BCUT2D eigenvalue weighted by atomic mass is 9.82. The number of aryl methyl sites for hydroxylation is 2. The summed E-state index contributed by atoms with van der Waals surface area (Å²) in [5, 5.41) is 31.6. The number of ether oxygens (including phenoxy) is 4. The smallest absolute Gasteiger partial charge is 0.387 e. The van der Waals surface area contributed by atoms with Gasteiger partial charge in [0.15, 0.2) is 22.8 Å². The van der Waals surface area contributed by atoms with E-state index in [2.05, 4.69) is 88.8 Å². The highest BCUT2D eigenvalue weighted by atomic mass is 19.3. The SMILES string of the molecule is CCN1CC(C)(Cn2cc(Oc3ccc(OC(F)F)c(-c4nn(C)cc4NC(=O)c4cnn5cccnc45)c3)cn2)C1.CN1CC(C)(Cn2cc(Oc3ccc(OC(F)F)c(-c4nn(C)cc4NC(=O)c4cnn5cccnc45)c3)cn2)C1. The summed E-state index contributed by atoms with van der Waals surface area (Å²) in [5.74, 6) is 0.458. The van der Waals surface area contributed by atoms with E-state index < -0.39 is 25.0 Å². The lowest BCUT2D eigenvalue weighted by Crippen LogP contribution is -2.56. The summed E-state index contributed by atoms with van der Waals surface area (Å²) in [4.78, 5) is 39.4. The van der Waals surface area contributed by atoms with Crippen LogP contribution in [0.25, 0.3) is 33.8 Å². The largest absolute Gasteiger partial charge is 0.454 e. The number of nitrogens with zero attached hydrogens (tertiary/aromatic N) is 16. The molecule has 12 rings (SSSR count). The third kappa shape index (κ3) is 12.3. The van der Waals surface area contributed by atoms with Gasteiger partial charge in [0.1, 0.15) is 45.5 Å². The second kappa shape index (κ2) is 22.7. The van der Waals surface area contributed by atoms with Crippen molar-refractivity contribution in [2.24, 2.45) is 24.9 Å². The van der Waals surface area contributed by atoms with Gasteiger partial charge < -0.3 is 39.4 Å². The summed E-state index contributed by atoms with van der Waals surface area (Å²) in [6.07, 6.45) is 19.2. The highest BCUT2D eigenvalue weighted by Gasteiger charge is 2.39. The van der Waals surface area contributed by atoms with E-state index in [1.165, 1.54) is 67.2 Å². The molecule has 8 aromatic heterocycles. The molecule has 2 fully saturated rings. The Labute approximate surface area is 470 Å². The van der Waals surface area contributed by atoms with Crippen LogP contribution in [0.5, 0.6) is 34.5 Å². The molecule has 0 bridgehead atoms. The van der Waals surface area contributed by atoms with Gasteiger partial charge in [0.2, 0.25) is 0 Å². The molecule has 430 valence electrons. The number of hydrogen-bond acceptors (Lipinski definition) is 16. The van der Waals surface area contributed by atoms with Crippen LogP contribution in [0, 0.1) is 10.8 Å². The molecule has 2 aromatic carbocycles. The first-order chi connectivity index (χ1) is 39.8. The molecule has 24 nitrogen and oxygen atoms in total. The number of rotatable bonds is 19. The molecule has 10 aromatic rings. The lowest BCUT2D eigenvalue weighted by molar-refractivity contribution is -0.0501. The van der Waals surface area contributed by atoms with Gasteiger partial charge in [-0.3, -0.25) is 28.3 Å². The Morgan fingerprint density at radius 3 is 1.47 bits per heavy atom. The zero-order valence-electron chi connectivity index (χ0n) is 45.8. The Morgan fingerprint density at radius 1 is 0.602 bits per heavy atom. The Bertz CT molecular complexity index is 3970. The number of aromatic nitrogens is 14. The summed E-state index contributed by atoms with van der Waals surface area (Å²) in [7, 11) is 5.38. The van der Waals surface area contributed by atoms with Gasteiger partial charge >= 0.3 is 13.2 Å². The summed E-state index contributed by atoms with van der Waals surface area (Å²) >= 11 is 0. The van der Waals surface area contributed by atoms with Crippen molar-refractivity contribution in [3.63, 3.8) is 0 Å². The number of likely N-dealkylation sites (tertiary alicyclic amines) is 2. The van der Waals surface area contributed by atoms with Crippen molar-refractivity contribution in [2.75, 3.05) is 50.4 Å². The standard InChI is InChI=1S/C28H29F2N9O3.C27H27F2N9O3/c1-4-37-15-28(2,16-37)17-38-13-19(11-32-38)41-18-6-7-23(42-27(29)30)20(10-18)24-22(14-36(3)35-24)34-26(40)21-12-33-39-9-5-8-31-25(21)39;1-27(14-35(2)15-27)16-37-12-18(10-31-37)40-17-5-6-22(41-26(28)29)19(9-17)23-21(13-36(3)34-23)33-25(39)20-11-32-38-8-4-7-30-24(20)38/h5-14,27H,4,15-17H2,1-3H3,(H,34,40);4-13,26H,14-16H2,1-3H3,(H,33,39). The van der Waals surface area contributed by atoms with E-state index in [1.807, 2.05) is 9.36 Å². The van der Waals surface area contributed by atoms with Gasteiger partial charge in [-0.1, -0.05) is 20.8 Å². The number of carbonyl (C=O) groups excluding carboxylic acids is 2. The molecule has 83 heavy (non-hydrogen) atoms. The summed E-state index contributed by atoms with van der Waals surface area (Å²) in [5.41, 5.74) is 2.87. The molecule has 2 aliphatic rings. The molecule has 10 heterocycles. The zero-order valence-corrected chi connectivity index (χ0v) is 45.8. The summed E-state index contributed by atoms with van der Waals surface area (Å²) < 4.78 is 84.6. The first-order valence-corrected chi connectivity index (χ1v) is 26.1. The monoisotopic (exact) mass is 1140 g/mol.